The Kier molecular flexibility index (Phi) is 5.22. The summed E-state index contributed by atoms with van der Waals surface area (Å²) in [5, 5.41) is 3.53. The maximum atomic E-state index is 12.2. The number of rotatable bonds is 3. The number of anilines is 1. The van der Waals surface area contributed by atoms with Gasteiger partial charge in [0.25, 0.3) is 5.91 Å². The summed E-state index contributed by atoms with van der Waals surface area (Å²) in [4.78, 5) is 12.4. The summed E-state index contributed by atoms with van der Waals surface area (Å²) in [5.74, 6) is -0.317. The van der Waals surface area contributed by atoms with Gasteiger partial charge in [0.05, 0.1) is 10.7 Å². The standard InChI is InChI=1S/C14H9BrCl2N2OS/c15-9-3-8(4-10(16)6-9)14(20)19-12-2-1-7(13(18)21)5-11(12)17/h1-6H,(H2,18,21)(H,19,20). The number of thiocarbonyl (C=S) groups is 1. The fourth-order valence-corrected chi connectivity index (χ4v) is 2.86. The van der Waals surface area contributed by atoms with Gasteiger partial charge in [0.1, 0.15) is 4.99 Å². The summed E-state index contributed by atoms with van der Waals surface area (Å²) >= 11 is 20.2. The van der Waals surface area contributed by atoms with Crippen LogP contribution >= 0.6 is 51.3 Å². The number of carbonyl (C=O) groups is 1. The zero-order valence-corrected chi connectivity index (χ0v) is 14.4. The number of hydrogen-bond acceptors (Lipinski definition) is 2. The molecule has 2 rings (SSSR count). The van der Waals surface area contributed by atoms with E-state index in [4.69, 9.17) is 41.2 Å². The van der Waals surface area contributed by atoms with Crippen molar-refractivity contribution in [1.29, 1.82) is 0 Å². The van der Waals surface area contributed by atoms with Gasteiger partial charge in [-0.1, -0.05) is 51.3 Å². The van der Waals surface area contributed by atoms with Gasteiger partial charge < -0.3 is 11.1 Å². The minimum atomic E-state index is -0.317. The molecule has 2 aromatic rings. The van der Waals surface area contributed by atoms with Gasteiger partial charge in [-0.05, 0) is 36.4 Å². The van der Waals surface area contributed by atoms with E-state index < -0.39 is 0 Å². The quantitative estimate of drug-likeness (QED) is 0.733. The molecule has 7 heteroatoms. The zero-order chi connectivity index (χ0) is 15.6. The van der Waals surface area contributed by atoms with Gasteiger partial charge >= 0.3 is 0 Å². The molecule has 0 radical (unpaired) electrons. The summed E-state index contributed by atoms with van der Waals surface area (Å²) in [7, 11) is 0. The van der Waals surface area contributed by atoms with Crippen molar-refractivity contribution in [3.8, 4) is 0 Å². The maximum Gasteiger partial charge on any atom is 0.255 e. The molecule has 3 N–H and O–H groups in total. The molecule has 0 atom stereocenters. The molecule has 0 unspecified atom stereocenters. The Balaban J connectivity index is 2.25. The Labute approximate surface area is 145 Å². The van der Waals surface area contributed by atoms with E-state index in [1.54, 1.807) is 36.4 Å². The van der Waals surface area contributed by atoms with E-state index >= 15 is 0 Å². The Morgan fingerprint density at radius 3 is 2.43 bits per heavy atom. The summed E-state index contributed by atoms with van der Waals surface area (Å²) in [6.45, 7) is 0. The van der Waals surface area contributed by atoms with Crippen molar-refractivity contribution in [2.45, 2.75) is 0 Å². The van der Waals surface area contributed by atoms with Gasteiger partial charge in [-0.25, -0.2) is 0 Å². The van der Waals surface area contributed by atoms with Crippen LogP contribution in [0.1, 0.15) is 15.9 Å². The molecule has 0 saturated carbocycles. The molecule has 0 fully saturated rings. The predicted molar refractivity (Wildman–Crippen MR) is 94.4 cm³/mol. The Bertz CT molecular complexity index is 717. The van der Waals surface area contributed by atoms with Gasteiger partial charge in [0.15, 0.2) is 0 Å². The Hall–Kier alpha value is -1.14. The number of nitrogens with two attached hydrogens (primary N) is 1. The highest BCUT2D eigenvalue weighted by Gasteiger charge is 2.11. The maximum absolute atomic E-state index is 12.2. The second kappa shape index (κ2) is 6.75. The topological polar surface area (TPSA) is 55.1 Å². The summed E-state index contributed by atoms with van der Waals surface area (Å²) in [6, 6.07) is 9.87. The second-order valence-corrected chi connectivity index (χ2v) is 6.37. The highest BCUT2D eigenvalue weighted by Crippen LogP contribution is 2.25. The zero-order valence-electron chi connectivity index (χ0n) is 10.5. The minimum Gasteiger partial charge on any atom is -0.389 e. The second-order valence-electron chi connectivity index (χ2n) is 4.17. The average molecular weight is 404 g/mol. The van der Waals surface area contributed by atoms with E-state index in [2.05, 4.69) is 21.2 Å². The largest absolute Gasteiger partial charge is 0.389 e. The molecular weight excluding hydrogens is 395 g/mol. The molecule has 108 valence electrons. The van der Waals surface area contributed by atoms with Crippen LogP contribution < -0.4 is 11.1 Å². The third kappa shape index (κ3) is 4.17. The molecule has 3 nitrogen and oxygen atoms in total. The van der Waals surface area contributed by atoms with Crippen LogP contribution in [0.5, 0.6) is 0 Å². The lowest BCUT2D eigenvalue weighted by molar-refractivity contribution is 0.102. The number of carbonyl (C=O) groups excluding carboxylic acids is 1. The molecule has 1 amide bonds. The number of halogens is 3. The molecule has 0 aromatic heterocycles. The van der Waals surface area contributed by atoms with Crippen LogP contribution in [-0.4, -0.2) is 10.9 Å². The lowest BCUT2D eigenvalue weighted by Crippen LogP contribution is -2.13. The van der Waals surface area contributed by atoms with Crippen molar-refractivity contribution in [3.05, 3.63) is 62.0 Å². The van der Waals surface area contributed by atoms with Crippen LogP contribution in [0.15, 0.2) is 40.9 Å². The highest BCUT2D eigenvalue weighted by molar-refractivity contribution is 9.10. The van der Waals surface area contributed by atoms with E-state index in [0.717, 1.165) is 4.47 Å². The Morgan fingerprint density at radius 1 is 1.14 bits per heavy atom. The first-order valence-corrected chi connectivity index (χ1v) is 7.69. The summed E-state index contributed by atoms with van der Waals surface area (Å²) < 4.78 is 0.718. The van der Waals surface area contributed by atoms with Crippen molar-refractivity contribution in [3.63, 3.8) is 0 Å². The molecule has 21 heavy (non-hydrogen) atoms. The van der Waals surface area contributed by atoms with Gasteiger partial charge in [-0.15, -0.1) is 0 Å². The van der Waals surface area contributed by atoms with Crippen LogP contribution in [0.4, 0.5) is 5.69 Å². The monoisotopic (exact) mass is 402 g/mol. The number of nitrogens with one attached hydrogen (secondary N) is 1. The first-order chi connectivity index (χ1) is 9.86. The number of benzene rings is 2. The minimum absolute atomic E-state index is 0.244. The van der Waals surface area contributed by atoms with Crippen LogP contribution in [0.2, 0.25) is 10.0 Å². The molecule has 0 spiro atoms. The van der Waals surface area contributed by atoms with Crippen molar-refractivity contribution < 1.29 is 4.79 Å². The van der Waals surface area contributed by atoms with E-state index in [9.17, 15) is 4.79 Å². The van der Waals surface area contributed by atoms with Gasteiger partial charge in [-0.3, -0.25) is 4.79 Å². The van der Waals surface area contributed by atoms with Crippen molar-refractivity contribution >= 4 is 67.9 Å². The lowest BCUT2D eigenvalue weighted by atomic mass is 10.2. The highest BCUT2D eigenvalue weighted by atomic mass is 79.9. The van der Waals surface area contributed by atoms with Crippen LogP contribution in [0.25, 0.3) is 0 Å². The van der Waals surface area contributed by atoms with Crippen LogP contribution in [0.3, 0.4) is 0 Å². The molecule has 0 heterocycles. The van der Waals surface area contributed by atoms with Gasteiger partial charge in [0.2, 0.25) is 0 Å². The van der Waals surface area contributed by atoms with E-state index in [1.165, 1.54) is 0 Å². The third-order valence-electron chi connectivity index (χ3n) is 2.63. The van der Waals surface area contributed by atoms with Crippen LogP contribution in [0, 0.1) is 0 Å². The van der Waals surface area contributed by atoms with E-state index in [-0.39, 0.29) is 10.9 Å². The van der Waals surface area contributed by atoms with Gasteiger partial charge in [0, 0.05) is 20.6 Å². The molecule has 0 aliphatic carbocycles. The smallest absolute Gasteiger partial charge is 0.255 e. The van der Waals surface area contributed by atoms with Crippen molar-refractivity contribution in [2.75, 3.05) is 5.32 Å². The van der Waals surface area contributed by atoms with E-state index in [0.29, 0.717) is 26.9 Å². The fourth-order valence-electron chi connectivity index (χ4n) is 1.65. The van der Waals surface area contributed by atoms with Crippen molar-refractivity contribution in [1.82, 2.24) is 0 Å². The van der Waals surface area contributed by atoms with Gasteiger partial charge in [-0.2, -0.15) is 0 Å². The summed E-state index contributed by atoms with van der Waals surface area (Å²) in [5.41, 5.74) is 7.05. The number of hydrogen-bond donors (Lipinski definition) is 2. The third-order valence-corrected chi connectivity index (χ3v) is 3.85. The number of amides is 1. The Morgan fingerprint density at radius 2 is 1.86 bits per heavy atom. The molecular formula is C14H9BrCl2N2OS. The first kappa shape index (κ1) is 16.2. The molecule has 0 aliphatic heterocycles. The predicted octanol–water partition coefficient (Wildman–Crippen LogP) is 4.64. The van der Waals surface area contributed by atoms with Crippen molar-refractivity contribution in [2.24, 2.45) is 5.73 Å². The lowest BCUT2D eigenvalue weighted by Gasteiger charge is -2.09. The first-order valence-electron chi connectivity index (χ1n) is 5.73. The van der Waals surface area contributed by atoms with E-state index in [1.807, 2.05) is 0 Å². The normalized spacial score (nSPS) is 10.2. The summed E-state index contributed by atoms with van der Waals surface area (Å²) in [6.07, 6.45) is 0. The molecule has 0 bridgehead atoms. The molecule has 0 saturated heterocycles. The SMILES string of the molecule is NC(=S)c1ccc(NC(=O)c2cc(Cl)cc(Br)c2)c(Cl)c1. The molecule has 2 aromatic carbocycles. The fraction of sp³-hybridized carbons (Fsp3) is 0. The van der Waals surface area contributed by atoms with Crippen LogP contribution in [-0.2, 0) is 0 Å². The molecule has 0 aliphatic rings. The average Bonchev–Trinajstić information content (AvgIpc) is 2.39.